The molecule has 0 aliphatic heterocycles. The van der Waals surface area contributed by atoms with Crippen LogP contribution in [0, 0.1) is 0 Å². The number of benzene rings is 2. The molecule has 0 amide bonds. The van der Waals surface area contributed by atoms with Crippen LogP contribution in [0.25, 0.3) is 0 Å². The van der Waals surface area contributed by atoms with Gasteiger partial charge in [0.15, 0.2) is 0 Å². The Balaban J connectivity index is 2.17. The zero-order valence-corrected chi connectivity index (χ0v) is 11.6. The Hall–Kier alpha value is -2.09. The second kappa shape index (κ2) is 6.19. The van der Waals surface area contributed by atoms with Crippen molar-refractivity contribution in [2.45, 2.75) is 19.9 Å². The standard InChI is InChI=1S/C17H19NO/c1-13(15-7-5-4-6-8-15)18-14(2)16-9-11-17(19-3)12-10-16/h4-12,14H,1-3H3/t14-/m0/s1. The highest BCUT2D eigenvalue weighted by Gasteiger charge is 2.05. The van der Waals surface area contributed by atoms with Crippen LogP contribution in [0.5, 0.6) is 5.75 Å². The van der Waals surface area contributed by atoms with E-state index < -0.39 is 0 Å². The number of hydrogen-bond acceptors (Lipinski definition) is 2. The molecule has 0 saturated heterocycles. The SMILES string of the molecule is COc1ccc([C@H](C)N=C(C)c2ccccc2)cc1. The first-order valence-electron chi connectivity index (χ1n) is 6.44. The van der Waals surface area contributed by atoms with Gasteiger partial charge in [-0.25, -0.2) is 0 Å². The van der Waals surface area contributed by atoms with Gasteiger partial charge in [0.25, 0.3) is 0 Å². The van der Waals surface area contributed by atoms with Crippen LogP contribution < -0.4 is 4.74 Å². The Morgan fingerprint density at radius 1 is 1.00 bits per heavy atom. The second-order valence-electron chi connectivity index (χ2n) is 4.53. The first kappa shape index (κ1) is 13.3. The van der Waals surface area contributed by atoms with Crippen LogP contribution in [-0.4, -0.2) is 12.8 Å². The maximum absolute atomic E-state index is 5.16. The summed E-state index contributed by atoms with van der Waals surface area (Å²) in [6.07, 6.45) is 0. The van der Waals surface area contributed by atoms with E-state index in [0.29, 0.717) is 0 Å². The lowest BCUT2D eigenvalue weighted by Crippen LogP contribution is -1.98. The largest absolute Gasteiger partial charge is 0.497 e. The lowest BCUT2D eigenvalue weighted by Gasteiger charge is -2.10. The van der Waals surface area contributed by atoms with Crippen LogP contribution in [0.4, 0.5) is 0 Å². The van der Waals surface area contributed by atoms with Gasteiger partial charge >= 0.3 is 0 Å². The molecule has 0 aliphatic rings. The van der Waals surface area contributed by atoms with Crippen LogP contribution in [0.2, 0.25) is 0 Å². The Morgan fingerprint density at radius 3 is 2.21 bits per heavy atom. The number of rotatable bonds is 4. The lowest BCUT2D eigenvalue weighted by molar-refractivity contribution is 0.414. The van der Waals surface area contributed by atoms with E-state index in [0.717, 1.165) is 11.5 Å². The molecule has 1 atom stereocenters. The smallest absolute Gasteiger partial charge is 0.118 e. The van der Waals surface area contributed by atoms with Crippen molar-refractivity contribution < 1.29 is 4.74 Å². The third kappa shape index (κ3) is 3.44. The number of aliphatic imine (C=N–C) groups is 1. The molecular weight excluding hydrogens is 234 g/mol. The summed E-state index contributed by atoms with van der Waals surface area (Å²) in [4.78, 5) is 4.75. The number of nitrogens with zero attached hydrogens (tertiary/aromatic N) is 1. The van der Waals surface area contributed by atoms with E-state index in [1.807, 2.05) is 30.3 Å². The third-order valence-corrected chi connectivity index (χ3v) is 3.18. The van der Waals surface area contributed by atoms with E-state index in [2.05, 4.69) is 38.1 Å². The molecule has 0 bridgehead atoms. The normalized spacial score (nSPS) is 13.1. The van der Waals surface area contributed by atoms with E-state index in [1.165, 1.54) is 11.1 Å². The topological polar surface area (TPSA) is 21.6 Å². The van der Waals surface area contributed by atoms with Gasteiger partial charge in [0.1, 0.15) is 5.75 Å². The number of methoxy groups -OCH3 is 1. The van der Waals surface area contributed by atoms with Gasteiger partial charge in [-0.2, -0.15) is 0 Å². The first-order valence-corrected chi connectivity index (χ1v) is 6.44. The lowest BCUT2D eigenvalue weighted by atomic mass is 10.1. The van der Waals surface area contributed by atoms with Crippen LogP contribution in [-0.2, 0) is 0 Å². The zero-order valence-electron chi connectivity index (χ0n) is 11.6. The highest BCUT2D eigenvalue weighted by molar-refractivity contribution is 5.98. The number of ether oxygens (including phenoxy) is 1. The predicted molar refractivity (Wildman–Crippen MR) is 80.1 cm³/mol. The molecule has 0 unspecified atom stereocenters. The summed E-state index contributed by atoms with van der Waals surface area (Å²) in [6.45, 7) is 4.16. The van der Waals surface area contributed by atoms with Crippen molar-refractivity contribution >= 4 is 5.71 Å². The summed E-state index contributed by atoms with van der Waals surface area (Å²) in [5.74, 6) is 0.875. The Labute approximate surface area is 114 Å². The minimum atomic E-state index is 0.145. The van der Waals surface area contributed by atoms with Crippen molar-refractivity contribution in [2.75, 3.05) is 7.11 Å². The fraction of sp³-hybridized carbons (Fsp3) is 0.235. The zero-order chi connectivity index (χ0) is 13.7. The average Bonchev–Trinajstić information content (AvgIpc) is 2.48. The van der Waals surface area contributed by atoms with Crippen molar-refractivity contribution in [1.82, 2.24) is 0 Å². The maximum atomic E-state index is 5.16. The van der Waals surface area contributed by atoms with Crippen LogP contribution >= 0.6 is 0 Å². The molecule has 0 radical (unpaired) electrons. The Morgan fingerprint density at radius 2 is 1.63 bits per heavy atom. The molecule has 0 aromatic heterocycles. The molecule has 0 heterocycles. The van der Waals surface area contributed by atoms with Gasteiger partial charge in [0, 0.05) is 5.71 Å². The summed E-state index contributed by atoms with van der Waals surface area (Å²) in [6, 6.07) is 18.5. The Kier molecular flexibility index (Phi) is 4.35. The molecule has 98 valence electrons. The molecule has 0 N–H and O–H groups in total. The van der Waals surface area contributed by atoms with E-state index in [9.17, 15) is 0 Å². The first-order chi connectivity index (χ1) is 9.20. The minimum absolute atomic E-state index is 0.145. The molecule has 2 rings (SSSR count). The number of hydrogen-bond donors (Lipinski definition) is 0. The summed E-state index contributed by atoms with van der Waals surface area (Å²) in [7, 11) is 1.68. The molecule has 2 nitrogen and oxygen atoms in total. The highest BCUT2D eigenvalue weighted by Crippen LogP contribution is 2.21. The van der Waals surface area contributed by atoms with Gasteiger partial charge in [-0.05, 0) is 37.1 Å². The fourth-order valence-corrected chi connectivity index (χ4v) is 2.00. The molecule has 0 saturated carbocycles. The molecule has 0 aliphatic carbocycles. The van der Waals surface area contributed by atoms with Crippen LogP contribution in [0.3, 0.4) is 0 Å². The molecule has 2 aromatic carbocycles. The minimum Gasteiger partial charge on any atom is -0.497 e. The van der Waals surface area contributed by atoms with E-state index in [4.69, 9.17) is 9.73 Å². The van der Waals surface area contributed by atoms with E-state index in [1.54, 1.807) is 7.11 Å². The predicted octanol–water partition coefficient (Wildman–Crippen LogP) is 4.27. The summed E-state index contributed by atoms with van der Waals surface area (Å²) >= 11 is 0. The van der Waals surface area contributed by atoms with Gasteiger partial charge in [-0.15, -0.1) is 0 Å². The summed E-state index contributed by atoms with van der Waals surface area (Å²) in [5.41, 5.74) is 3.42. The van der Waals surface area contributed by atoms with Crippen molar-refractivity contribution in [3.63, 3.8) is 0 Å². The van der Waals surface area contributed by atoms with E-state index in [-0.39, 0.29) is 6.04 Å². The highest BCUT2D eigenvalue weighted by atomic mass is 16.5. The van der Waals surface area contributed by atoms with Crippen molar-refractivity contribution in [3.8, 4) is 5.75 Å². The van der Waals surface area contributed by atoms with Gasteiger partial charge in [-0.3, -0.25) is 4.99 Å². The summed E-state index contributed by atoms with van der Waals surface area (Å²) in [5, 5.41) is 0. The maximum Gasteiger partial charge on any atom is 0.118 e. The average molecular weight is 253 g/mol. The van der Waals surface area contributed by atoms with Gasteiger partial charge in [0.05, 0.1) is 13.2 Å². The van der Waals surface area contributed by atoms with Gasteiger partial charge in [0.2, 0.25) is 0 Å². The fourth-order valence-electron chi connectivity index (χ4n) is 2.00. The third-order valence-electron chi connectivity index (χ3n) is 3.18. The van der Waals surface area contributed by atoms with Crippen molar-refractivity contribution in [3.05, 3.63) is 65.7 Å². The molecule has 0 spiro atoms. The second-order valence-corrected chi connectivity index (χ2v) is 4.53. The quantitative estimate of drug-likeness (QED) is 0.746. The Bertz CT molecular complexity index is 543. The molecule has 0 fully saturated rings. The van der Waals surface area contributed by atoms with Crippen LogP contribution in [0.1, 0.15) is 31.0 Å². The molecule has 19 heavy (non-hydrogen) atoms. The van der Waals surface area contributed by atoms with E-state index >= 15 is 0 Å². The molecule has 2 heteroatoms. The molecule has 2 aromatic rings. The van der Waals surface area contributed by atoms with Crippen LogP contribution in [0.15, 0.2) is 59.6 Å². The summed E-state index contributed by atoms with van der Waals surface area (Å²) < 4.78 is 5.16. The monoisotopic (exact) mass is 253 g/mol. The van der Waals surface area contributed by atoms with Crippen molar-refractivity contribution in [2.24, 2.45) is 4.99 Å². The van der Waals surface area contributed by atoms with Gasteiger partial charge < -0.3 is 4.74 Å². The van der Waals surface area contributed by atoms with Gasteiger partial charge in [-0.1, -0.05) is 42.5 Å². The van der Waals surface area contributed by atoms with Crippen molar-refractivity contribution in [1.29, 1.82) is 0 Å². The molecular formula is C17H19NO.